The SMILES string of the molecule is COCc1cccc(COC(=O)NCCCCCCCC(C)=O)c1NC(=O)OCC1c2ccccc2-c2ccccc21.N#COCCCCCCN=C=O.O=C(Nc1c(CO)cccc1CO)OCC1c2ccccc2-c2ccccc21. The summed E-state index contributed by atoms with van der Waals surface area (Å²) in [5, 5.41) is 35.3. The maximum Gasteiger partial charge on any atom is 0.411 e. The van der Waals surface area contributed by atoms with Crippen molar-refractivity contribution in [3.63, 3.8) is 0 Å². The highest BCUT2D eigenvalue weighted by molar-refractivity contribution is 5.88. The van der Waals surface area contributed by atoms with Gasteiger partial charge >= 0.3 is 18.3 Å². The molecule has 6 aromatic rings. The number of aliphatic hydroxyl groups excluding tert-OH is 2. The summed E-state index contributed by atoms with van der Waals surface area (Å²) in [7, 11) is 1.58. The summed E-state index contributed by atoms with van der Waals surface area (Å²) >= 11 is 0. The highest BCUT2D eigenvalue weighted by Crippen LogP contribution is 2.46. The first-order valence-corrected chi connectivity index (χ1v) is 27.7. The lowest BCUT2D eigenvalue weighted by molar-refractivity contribution is -0.117. The number of unbranched alkanes of at least 4 members (excludes halogenated alkanes) is 7. The van der Waals surface area contributed by atoms with Crippen molar-refractivity contribution in [2.75, 3.05) is 50.7 Å². The first kappa shape index (κ1) is 62.5. The number of benzene rings is 6. The monoisotopic (exact) mass is 1120 g/mol. The van der Waals surface area contributed by atoms with Crippen LogP contribution >= 0.6 is 0 Å². The molecule has 82 heavy (non-hydrogen) atoms. The Morgan fingerprint density at radius 1 is 0.537 bits per heavy atom. The third-order valence-electron chi connectivity index (χ3n) is 14.0. The normalized spacial score (nSPS) is 11.5. The number of carbonyl (C=O) groups is 4. The summed E-state index contributed by atoms with van der Waals surface area (Å²) < 4.78 is 26.5. The molecule has 5 N–H and O–H groups in total. The number of aliphatic imine (C=N–C) groups is 1. The van der Waals surface area contributed by atoms with E-state index in [0.717, 1.165) is 96.7 Å². The van der Waals surface area contributed by atoms with E-state index in [1.54, 1.807) is 44.6 Å². The van der Waals surface area contributed by atoms with Crippen LogP contribution in [-0.2, 0) is 59.7 Å². The van der Waals surface area contributed by atoms with Crippen molar-refractivity contribution in [2.45, 2.75) is 109 Å². The van der Waals surface area contributed by atoms with Gasteiger partial charge in [0.2, 0.25) is 6.08 Å². The highest BCUT2D eigenvalue weighted by atomic mass is 16.6. The summed E-state index contributed by atoms with van der Waals surface area (Å²) in [4.78, 5) is 61.8. The first-order chi connectivity index (χ1) is 40.1. The number of ketones is 1. The van der Waals surface area contributed by atoms with E-state index in [1.165, 1.54) is 17.2 Å². The molecular weight excluding hydrogens is 1040 g/mol. The molecule has 2 aliphatic rings. The van der Waals surface area contributed by atoms with Crippen LogP contribution in [0, 0.1) is 11.5 Å². The molecule has 3 amide bonds. The minimum Gasteiger partial charge on any atom is -0.448 e. The molecule has 0 bridgehead atoms. The Morgan fingerprint density at radius 3 is 1.45 bits per heavy atom. The minimum atomic E-state index is -0.613. The molecule has 0 aliphatic heterocycles. The number of Topliss-reactive ketones (excluding diaryl/α,β-unsaturated/α-hetero) is 1. The Labute approximate surface area is 479 Å². The average Bonchev–Trinajstić information content (AvgIpc) is 3.60. The van der Waals surface area contributed by atoms with Crippen molar-refractivity contribution in [2.24, 2.45) is 4.99 Å². The smallest absolute Gasteiger partial charge is 0.411 e. The molecule has 0 unspecified atom stereocenters. The second kappa shape index (κ2) is 34.5. The molecule has 0 radical (unpaired) electrons. The number of nitrogens with one attached hydrogen (secondary N) is 3. The fraction of sp³-hybridized carbons (Fsp3) is 0.354. The Bertz CT molecular complexity index is 3020. The van der Waals surface area contributed by atoms with Crippen LogP contribution in [0.15, 0.2) is 138 Å². The minimum absolute atomic E-state index is 0.0204. The molecule has 0 heterocycles. The van der Waals surface area contributed by atoms with Crippen LogP contribution in [0.3, 0.4) is 0 Å². The Morgan fingerprint density at radius 2 is 0.976 bits per heavy atom. The molecular formula is C65H73N5O12. The van der Waals surface area contributed by atoms with Crippen LogP contribution in [-0.4, -0.2) is 80.4 Å². The van der Waals surface area contributed by atoms with Gasteiger partial charge < -0.3 is 44.0 Å². The van der Waals surface area contributed by atoms with Gasteiger partial charge in [0.05, 0.1) is 37.7 Å². The van der Waals surface area contributed by atoms with Crippen molar-refractivity contribution in [1.82, 2.24) is 5.32 Å². The molecule has 17 heteroatoms. The molecule has 0 atom stereocenters. The van der Waals surface area contributed by atoms with Crippen molar-refractivity contribution in [1.29, 1.82) is 5.26 Å². The number of anilines is 2. The highest BCUT2D eigenvalue weighted by Gasteiger charge is 2.31. The van der Waals surface area contributed by atoms with E-state index >= 15 is 0 Å². The van der Waals surface area contributed by atoms with E-state index < -0.39 is 18.3 Å². The molecule has 0 saturated carbocycles. The van der Waals surface area contributed by atoms with E-state index in [2.05, 4.69) is 74.2 Å². The number of amides is 3. The number of para-hydroxylation sites is 2. The Balaban J connectivity index is 0.000000231. The average molecular weight is 1120 g/mol. The second-order valence-electron chi connectivity index (χ2n) is 19.6. The van der Waals surface area contributed by atoms with E-state index in [9.17, 15) is 34.2 Å². The largest absolute Gasteiger partial charge is 0.448 e. The van der Waals surface area contributed by atoms with Crippen LogP contribution < -0.4 is 16.0 Å². The van der Waals surface area contributed by atoms with Crippen molar-refractivity contribution in [3.05, 3.63) is 178 Å². The van der Waals surface area contributed by atoms with Gasteiger partial charge in [-0.3, -0.25) is 10.6 Å². The second-order valence-corrected chi connectivity index (χ2v) is 19.6. The lowest BCUT2D eigenvalue weighted by Crippen LogP contribution is -2.25. The summed E-state index contributed by atoms with van der Waals surface area (Å²) in [5.41, 5.74) is 12.6. The molecule has 430 valence electrons. The third-order valence-corrected chi connectivity index (χ3v) is 14.0. The zero-order valence-electron chi connectivity index (χ0n) is 46.7. The van der Waals surface area contributed by atoms with Crippen molar-refractivity contribution < 1.29 is 57.9 Å². The van der Waals surface area contributed by atoms with E-state index in [-0.39, 0.29) is 57.3 Å². The molecule has 6 aromatic carbocycles. The topological polar surface area (TPSA) is 244 Å². The van der Waals surface area contributed by atoms with Crippen LogP contribution in [0.1, 0.15) is 127 Å². The predicted octanol–water partition coefficient (Wildman–Crippen LogP) is 12.8. The number of hydrogen-bond acceptors (Lipinski definition) is 14. The number of ether oxygens (including phenoxy) is 5. The van der Waals surface area contributed by atoms with Gasteiger partial charge in [0.25, 0.3) is 6.26 Å². The maximum atomic E-state index is 13.0. The standard InChI is InChI=1S/C34H40N2O6.C23H21NO4.C8H12N2O2/c1-24(37)13-6-4-3-5-11-20-35-33(38)41-22-26-15-12-14-25(21-40-2)32(26)36-34(39)42-23-31-29-18-9-7-16-27(29)28-17-8-10-19-30(28)31;25-12-15-6-5-7-16(13-26)22(15)24-23(27)28-14-21-19-10-3-1-8-17(19)18-9-2-4-11-20(18)21;9-7-12-6-4-2-1-3-5-10-8-11/h7-10,12,14-19,31H,3-6,11,13,20-23H2,1-2H3,(H,35,38)(H,36,39);1-11,21,25-26H,12-14H2,(H,24,27);1-6H2. The van der Waals surface area contributed by atoms with Crippen molar-refractivity contribution in [3.8, 4) is 28.5 Å². The van der Waals surface area contributed by atoms with Gasteiger partial charge in [-0.05, 0) is 83.5 Å². The molecule has 0 aromatic heterocycles. The molecule has 0 spiro atoms. The van der Waals surface area contributed by atoms with Gasteiger partial charge in [-0.15, -0.1) is 0 Å². The third kappa shape index (κ3) is 18.7. The zero-order chi connectivity index (χ0) is 58.3. The fourth-order valence-corrected chi connectivity index (χ4v) is 9.98. The number of fused-ring (bicyclic) bond motifs is 6. The number of isocyanates is 1. The number of carbonyl (C=O) groups excluding carboxylic acids is 5. The lowest BCUT2D eigenvalue weighted by atomic mass is 9.98. The maximum absolute atomic E-state index is 13.0. The van der Waals surface area contributed by atoms with Gasteiger partial charge in [0, 0.05) is 54.2 Å². The van der Waals surface area contributed by atoms with Crippen LogP contribution in [0.25, 0.3) is 22.3 Å². The van der Waals surface area contributed by atoms with Crippen LogP contribution in [0.4, 0.5) is 25.8 Å². The van der Waals surface area contributed by atoms with Gasteiger partial charge in [0.15, 0.2) is 0 Å². The summed E-state index contributed by atoms with van der Waals surface area (Å²) in [6.07, 6.45) is 10.6. The van der Waals surface area contributed by atoms with Gasteiger partial charge in [-0.2, -0.15) is 5.26 Å². The van der Waals surface area contributed by atoms with Crippen LogP contribution in [0.5, 0.6) is 0 Å². The summed E-state index contributed by atoms with van der Waals surface area (Å²) in [5.74, 6) is 0.150. The van der Waals surface area contributed by atoms with E-state index in [0.29, 0.717) is 54.2 Å². The van der Waals surface area contributed by atoms with Gasteiger partial charge in [-0.25, -0.2) is 24.2 Å². The molecule has 0 saturated heterocycles. The molecule has 8 rings (SSSR count). The van der Waals surface area contributed by atoms with Crippen LogP contribution in [0.2, 0.25) is 0 Å². The summed E-state index contributed by atoms with van der Waals surface area (Å²) in [6, 6.07) is 43.2. The van der Waals surface area contributed by atoms with Gasteiger partial charge in [-0.1, -0.05) is 159 Å². The number of nitriles is 1. The summed E-state index contributed by atoms with van der Waals surface area (Å²) in [6.45, 7) is 3.34. The van der Waals surface area contributed by atoms with E-state index in [1.807, 2.05) is 60.7 Å². The number of nitrogens with zero attached hydrogens (tertiary/aromatic N) is 2. The molecule has 0 fully saturated rings. The fourth-order valence-electron chi connectivity index (χ4n) is 9.98. The predicted molar refractivity (Wildman–Crippen MR) is 312 cm³/mol. The van der Waals surface area contributed by atoms with Crippen molar-refractivity contribution >= 4 is 41.5 Å². The lowest BCUT2D eigenvalue weighted by Gasteiger charge is -2.18. The molecule has 2 aliphatic carbocycles. The number of hydrogen-bond donors (Lipinski definition) is 5. The number of methoxy groups -OCH3 is 1. The zero-order valence-corrected chi connectivity index (χ0v) is 46.7. The van der Waals surface area contributed by atoms with E-state index in [4.69, 9.17) is 24.2 Å². The number of alkyl carbamates (subject to hydrolysis) is 1. The Kier molecular flexibility index (Phi) is 26.3. The molecule has 17 nitrogen and oxygen atoms in total. The quantitative estimate of drug-likeness (QED) is 0.0106. The number of rotatable bonds is 27. The number of aliphatic hydroxyl groups is 2. The first-order valence-electron chi connectivity index (χ1n) is 27.7. The Hall–Kier alpha value is -8.65. The van der Waals surface area contributed by atoms with Gasteiger partial charge in [0.1, 0.15) is 32.2 Å².